The summed E-state index contributed by atoms with van der Waals surface area (Å²) in [5, 5.41) is 12.8. The lowest BCUT2D eigenvalue weighted by atomic mass is 9.73. The van der Waals surface area contributed by atoms with Crippen molar-refractivity contribution in [3.05, 3.63) is 0 Å². The van der Waals surface area contributed by atoms with Gasteiger partial charge in [0.2, 0.25) is 5.91 Å². The first-order chi connectivity index (χ1) is 14.0. The average molecular weight is 403 g/mol. The molecule has 0 aromatic rings. The van der Waals surface area contributed by atoms with E-state index >= 15 is 0 Å². The minimum absolute atomic E-state index is 0.0415. The Morgan fingerprint density at radius 3 is 2.59 bits per heavy atom. The van der Waals surface area contributed by atoms with E-state index in [4.69, 9.17) is 10.00 Å². The summed E-state index contributed by atoms with van der Waals surface area (Å²) in [5.41, 5.74) is 0. The SMILES string of the molecule is CC(=O)N1C2CCC(C3CCC(C#N)CN3)CC2N(C(=O)C2CCCO2)C[C@@H]1C. The summed E-state index contributed by atoms with van der Waals surface area (Å²) >= 11 is 0. The summed E-state index contributed by atoms with van der Waals surface area (Å²) in [6.07, 6.45) is 6.34. The largest absolute Gasteiger partial charge is 0.368 e. The fourth-order valence-electron chi connectivity index (χ4n) is 6.17. The summed E-state index contributed by atoms with van der Waals surface area (Å²) in [5.74, 6) is 0.832. The third-order valence-corrected chi connectivity index (χ3v) is 7.57. The number of hydrogen-bond acceptors (Lipinski definition) is 5. The second-order valence-electron chi connectivity index (χ2n) is 9.39. The smallest absolute Gasteiger partial charge is 0.252 e. The zero-order valence-electron chi connectivity index (χ0n) is 17.7. The molecule has 3 heterocycles. The highest BCUT2D eigenvalue weighted by Gasteiger charge is 2.48. The lowest BCUT2D eigenvalue weighted by Gasteiger charge is -2.55. The van der Waals surface area contributed by atoms with Gasteiger partial charge in [-0.05, 0) is 57.8 Å². The molecule has 6 unspecified atom stereocenters. The van der Waals surface area contributed by atoms with Crippen molar-refractivity contribution >= 4 is 11.8 Å². The van der Waals surface area contributed by atoms with Crippen molar-refractivity contribution < 1.29 is 14.3 Å². The van der Waals surface area contributed by atoms with Crippen LogP contribution in [0.15, 0.2) is 0 Å². The lowest BCUT2D eigenvalue weighted by Crippen LogP contribution is -2.68. The van der Waals surface area contributed by atoms with Gasteiger partial charge in [0.25, 0.3) is 5.91 Å². The van der Waals surface area contributed by atoms with Crippen molar-refractivity contribution in [2.75, 3.05) is 19.7 Å². The Hall–Kier alpha value is -1.65. The lowest BCUT2D eigenvalue weighted by molar-refractivity contribution is -0.160. The molecule has 3 saturated heterocycles. The van der Waals surface area contributed by atoms with E-state index in [0.29, 0.717) is 25.1 Å². The van der Waals surface area contributed by atoms with Gasteiger partial charge in [-0.15, -0.1) is 0 Å². The van der Waals surface area contributed by atoms with Gasteiger partial charge in [0.1, 0.15) is 6.10 Å². The molecule has 4 rings (SSSR count). The van der Waals surface area contributed by atoms with Gasteiger partial charge >= 0.3 is 0 Å². The van der Waals surface area contributed by atoms with Crippen LogP contribution < -0.4 is 5.32 Å². The predicted octanol–water partition coefficient (Wildman–Crippen LogP) is 1.67. The molecule has 29 heavy (non-hydrogen) atoms. The third kappa shape index (κ3) is 4.02. The van der Waals surface area contributed by atoms with Crippen LogP contribution in [-0.4, -0.2) is 71.6 Å². The first-order valence-electron chi connectivity index (χ1n) is 11.3. The molecule has 2 amide bonds. The molecular formula is C22H34N4O3. The van der Waals surface area contributed by atoms with Gasteiger partial charge in [-0.2, -0.15) is 5.26 Å². The molecule has 160 valence electrons. The fourth-order valence-corrected chi connectivity index (χ4v) is 6.17. The van der Waals surface area contributed by atoms with Crippen molar-refractivity contribution in [3.63, 3.8) is 0 Å². The summed E-state index contributed by atoms with van der Waals surface area (Å²) in [7, 11) is 0. The van der Waals surface area contributed by atoms with E-state index in [1.807, 2.05) is 4.90 Å². The van der Waals surface area contributed by atoms with E-state index in [-0.39, 0.29) is 42.0 Å². The molecule has 7 atom stereocenters. The number of nitriles is 1. The molecule has 7 nitrogen and oxygen atoms in total. The second-order valence-corrected chi connectivity index (χ2v) is 9.39. The summed E-state index contributed by atoms with van der Waals surface area (Å²) < 4.78 is 5.71. The Balaban J connectivity index is 1.52. The van der Waals surface area contributed by atoms with Crippen LogP contribution in [0.5, 0.6) is 0 Å². The van der Waals surface area contributed by atoms with Crippen molar-refractivity contribution in [1.82, 2.24) is 15.1 Å². The Morgan fingerprint density at radius 1 is 1.14 bits per heavy atom. The molecule has 0 bridgehead atoms. The Morgan fingerprint density at radius 2 is 1.97 bits per heavy atom. The minimum atomic E-state index is -0.309. The van der Waals surface area contributed by atoms with Crippen LogP contribution in [0.2, 0.25) is 0 Å². The van der Waals surface area contributed by atoms with E-state index in [1.165, 1.54) is 0 Å². The Labute approximate surface area is 173 Å². The maximum atomic E-state index is 13.3. The number of piperidine rings is 1. The number of amides is 2. The van der Waals surface area contributed by atoms with E-state index < -0.39 is 0 Å². The van der Waals surface area contributed by atoms with Gasteiger partial charge in [0.05, 0.1) is 24.1 Å². The Kier molecular flexibility index (Phi) is 6.12. The maximum Gasteiger partial charge on any atom is 0.252 e. The highest BCUT2D eigenvalue weighted by atomic mass is 16.5. The zero-order chi connectivity index (χ0) is 20.5. The second kappa shape index (κ2) is 8.61. The van der Waals surface area contributed by atoms with E-state index in [9.17, 15) is 9.59 Å². The minimum Gasteiger partial charge on any atom is -0.368 e. The quantitative estimate of drug-likeness (QED) is 0.759. The first kappa shape index (κ1) is 20.6. The Bertz CT molecular complexity index is 663. The topological polar surface area (TPSA) is 85.7 Å². The standard InChI is InChI=1S/C22H34N4O3/c1-14-13-25(22(28)21-4-3-9-29-21)20-10-17(6-8-19(20)26(14)15(2)27)18-7-5-16(11-23)12-24-18/h14,16-21,24H,3-10,12-13H2,1-2H3/t14-,16?,17?,18?,19?,20?,21?/m0/s1. The maximum absolute atomic E-state index is 13.3. The number of fused-ring (bicyclic) bond motifs is 1. The third-order valence-electron chi connectivity index (χ3n) is 7.57. The van der Waals surface area contributed by atoms with Gasteiger partial charge in [0, 0.05) is 38.7 Å². The number of carbonyl (C=O) groups excluding carboxylic acids is 2. The molecule has 0 radical (unpaired) electrons. The highest BCUT2D eigenvalue weighted by molar-refractivity contribution is 5.82. The zero-order valence-corrected chi connectivity index (χ0v) is 17.7. The van der Waals surface area contributed by atoms with Crippen molar-refractivity contribution in [2.45, 2.75) is 89.1 Å². The molecule has 7 heteroatoms. The van der Waals surface area contributed by atoms with Crippen molar-refractivity contribution in [3.8, 4) is 6.07 Å². The average Bonchev–Trinajstić information content (AvgIpc) is 3.27. The number of nitrogens with one attached hydrogen (secondary N) is 1. The van der Waals surface area contributed by atoms with Crippen LogP contribution in [-0.2, 0) is 14.3 Å². The molecule has 1 aliphatic carbocycles. The number of carbonyl (C=O) groups is 2. The van der Waals surface area contributed by atoms with E-state index in [2.05, 4.69) is 23.2 Å². The summed E-state index contributed by atoms with van der Waals surface area (Å²) in [4.78, 5) is 29.8. The number of rotatable bonds is 2. The molecular weight excluding hydrogens is 368 g/mol. The fraction of sp³-hybridized carbons (Fsp3) is 0.864. The molecule has 0 aromatic carbocycles. The van der Waals surface area contributed by atoms with Crippen LogP contribution in [0.4, 0.5) is 0 Å². The summed E-state index contributed by atoms with van der Waals surface area (Å²) in [6, 6.07) is 3.00. The first-order valence-corrected chi connectivity index (χ1v) is 11.3. The van der Waals surface area contributed by atoms with Crippen LogP contribution in [0, 0.1) is 23.2 Å². The van der Waals surface area contributed by atoms with Crippen molar-refractivity contribution in [1.29, 1.82) is 5.26 Å². The van der Waals surface area contributed by atoms with E-state index in [0.717, 1.165) is 51.5 Å². The molecule has 3 aliphatic heterocycles. The van der Waals surface area contributed by atoms with Gasteiger partial charge in [0.15, 0.2) is 0 Å². The summed E-state index contributed by atoms with van der Waals surface area (Å²) in [6.45, 7) is 5.75. The van der Waals surface area contributed by atoms with Crippen LogP contribution >= 0.6 is 0 Å². The van der Waals surface area contributed by atoms with Gasteiger partial charge in [-0.1, -0.05) is 0 Å². The molecule has 4 aliphatic rings. The van der Waals surface area contributed by atoms with Gasteiger partial charge in [-0.3, -0.25) is 9.59 Å². The highest BCUT2D eigenvalue weighted by Crippen LogP contribution is 2.39. The normalized spacial score (nSPS) is 40.2. The monoisotopic (exact) mass is 402 g/mol. The number of piperazine rings is 1. The van der Waals surface area contributed by atoms with Crippen molar-refractivity contribution in [2.24, 2.45) is 11.8 Å². The van der Waals surface area contributed by atoms with Crippen LogP contribution in [0.1, 0.15) is 58.8 Å². The van der Waals surface area contributed by atoms with E-state index in [1.54, 1.807) is 6.92 Å². The van der Waals surface area contributed by atoms with Crippen LogP contribution in [0.3, 0.4) is 0 Å². The number of ether oxygens (including phenoxy) is 1. The van der Waals surface area contributed by atoms with Gasteiger partial charge < -0.3 is 19.9 Å². The number of nitrogens with zero attached hydrogens (tertiary/aromatic N) is 3. The molecule has 4 fully saturated rings. The molecule has 0 aromatic heterocycles. The molecule has 0 spiro atoms. The molecule has 1 saturated carbocycles. The van der Waals surface area contributed by atoms with Crippen LogP contribution in [0.25, 0.3) is 0 Å². The number of hydrogen-bond donors (Lipinski definition) is 1. The molecule has 1 N–H and O–H groups in total. The van der Waals surface area contributed by atoms with Gasteiger partial charge in [-0.25, -0.2) is 0 Å². The predicted molar refractivity (Wildman–Crippen MR) is 108 cm³/mol.